The van der Waals surface area contributed by atoms with Gasteiger partial charge in [0.15, 0.2) is 11.5 Å². The lowest BCUT2D eigenvalue weighted by Crippen LogP contribution is -2.32. The first-order chi connectivity index (χ1) is 8.11. The SMILES string of the molecule is Cc1cc2c(cc1CN(C)C(=O)CN)OCO2. The van der Waals surface area contributed by atoms with Crippen LogP contribution in [0.25, 0.3) is 0 Å². The Morgan fingerprint density at radius 2 is 2.06 bits per heavy atom. The average molecular weight is 236 g/mol. The zero-order chi connectivity index (χ0) is 12.4. The van der Waals surface area contributed by atoms with Crippen LogP contribution in [-0.4, -0.2) is 31.2 Å². The molecular formula is C12H16N2O3. The molecule has 0 radical (unpaired) electrons. The number of ether oxygens (including phenoxy) is 2. The topological polar surface area (TPSA) is 64.8 Å². The Morgan fingerprint density at radius 1 is 1.41 bits per heavy atom. The number of hydrogen-bond donors (Lipinski definition) is 1. The molecule has 1 aromatic carbocycles. The Kier molecular flexibility index (Phi) is 3.19. The number of aryl methyl sites for hydroxylation is 1. The molecule has 0 spiro atoms. The first-order valence-corrected chi connectivity index (χ1v) is 5.45. The van der Waals surface area contributed by atoms with Crippen LogP contribution in [0.3, 0.4) is 0 Å². The van der Waals surface area contributed by atoms with Gasteiger partial charge in [-0.3, -0.25) is 4.79 Å². The van der Waals surface area contributed by atoms with Crippen LogP contribution in [0.2, 0.25) is 0 Å². The molecule has 0 bridgehead atoms. The number of nitrogens with two attached hydrogens (primary N) is 1. The molecule has 1 aromatic rings. The van der Waals surface area contributed by atoms with Gasteiger partial charge >= 0.3 is 0 Å². The van der Waals surface area contributed by atoms with E-state index in [1.54, 1.807) is 11.9 Å². The smallest absolute Gasteiger partial charge is 0.236 e. The van der Waals surface area contributed by atoms with Crippen molar-refractivity contribution in [2.45, 2.75) is 13.5 Å². The molecule has 0 saturated carbocycles. The van der Waals surface area contributed by atoms with Crippen molar-refractivity contribution in [1.82, 2.24) is 4.90 Å². The van der Waals surface area contributed by atoms with Gasteiger partial charge in [0.1, 0.15) is 0 Å². The Labute approximate surface area is 100 Å². The van der Waals surface area contributed by atoms with Gasteiger partial charge in [-0.1, -0.05) is 0 Å². The molecule has 5 heteroatoms. The number of rotatable bonds is 3. The van der Waals surface area contributed by atoms with Crippen LogP contribution in [0.15, 0.2) is 12.1 Å². The molecule has 1 aliphatic heterocycles. The first-order valence-electron chi connectivity index (χ1n) is 5.45. The predicted molar refractivity (Wildman–Crippen MR) is 62.8 cm³/mol. The minimum atomic E-state index is -0.0814. The average Bonchev–Trinajstić information content (AvgIpc) is 2.75. The number of hydrogen-bond acceptors (Lipinski definition) is 4. The van der Waals surface area contributed by atoms with Gasteiger partial charge in [0, 0.05) is 13.6 Å². The number of likely N-dealkylation sites (N-methyl/N-ethyl adjacent to an activating group) is 1. The third-order valence-electron chi connectivity index (χ3n) is 2.84. The molecule has 2 N–H and O–H groups in total. The zero-order valence-electron chi connectivity index (χ0n) is 10.0. The maximum atomic E-state index is 11.4. The van der Waals surface area contributed by atoms with Crippen molar-refractivity contribution in [3.05, 3.63) is 23.3 Å². The highest BCUT2D eigenvalue weighted by Crippen LogP contribution is 2.34. The summed E-state index contributed by atoms with van der Waals surface area (Å²) in [6.45, 7) is 2.80. The molecule has 0 aliphatic carbocycles. The minimum Gasteiger partial charge on any atom is -0.454 e. The van der Waals surface area contributed by atoms with E-state index in [2.05, 4.69) is 0 Å². The summed E-state index contributed by atoms with van der Waals surface area (Å²) in [4.78, 5) is 13.0. The number of fused-ring (bicyclic) bond motifs is 1. The van der Waals surface area contributed by atoms with Gasteiger partial charge < -0.3 is 20.1 Å². The molecule has 0 fully saturated rings. The van der Waals surface area contributed by atoms with Gasteiger partial charge in [-0.2, -0.15) is 0 Å². The van der Waals surface area contributed by atoms with Crippen molar-refractivity contribution in [2.24, 2.45) is 5.73 Å². The summed E-state index contributed by atoms with van der Waals surface area (Å²) in [6.07, 6.45) is 0. The molecular weight excluding hydrogens is 220 g/mol. The largest absolute Gasteiger partial charge is 0.454 e. The number of amides is 1. The fourth-order valence-electron chi connectivity index (χ4n) is 1.76. The molecule has 0 unspecified atom stereocenters. The van der Waals surface area contributed by atoms with E-state index in [1.165, 1.54) is 0 Å². The van der Waals surface area contributed by atoms with E-state index in [0.29, 0.717) is 6.54 Å². The lowest BCUT2D eigenvalue weighted by molar-refractivity contribution is -0.128. The summed E-state index contributed by atoms with van der Waals surface area (Å²) in [5.74, 6) is 1.42. The van der Waals surface area contributed by atoms with E-state index in [1.807, 2.05) is 19.1 Å². The quantitative estimate of drug-likeness (QED) is 0.836. The van der Waals surface area contributed by atoms with E-state index in [0.717, 1.165) is 22.6 Å². The van der Waals surface area contributed by atoms with Gasteiger partial charge in [-0.05, 0) is 30.2 Å². The summed E-state index contributed by atoms with van der Waals surface area (Å²) < 4.78 is 10.6. The highest BCUT2D eigenvalue weighted by atomic mass is 16.7. The van der Waals surface area contributed by atoms with E-state index < -0.39 is 0 Å². The van der Waals surface area contributed by atoms with Gasteiger partial charge in [-0.25, -0.2) is 0 Å². The second-order valence-corrected chi connectivity index (χ2v) is 4.09. The maximum Gasteiger partial charge on any atom is 0.236 e. The summed E-state index contributed by atoms with van der Waals surface area (Å²) in [5.41, 5.74) is 7.43. The zero-order valence-corrected chi connectivity index (χ0v) is 10.0. The molecule has 0 aromatic heterocycles. The van der Waals surface area contributed by atoms with E-state index in [4.69, 9.17) is 15.2 Å². The third kappa shape index (κ3) is 2.34. The third-order valence-corrected chi connectivity index (χ3v) is 2.84. The number of carbonyl (C=O) groups is 1. The standard InChI is InChI=1S/C12H16N2O3/c1-8-3-10-11(17-7-16-10)4-9(8)6-14(2)12(15)5-13/h3-4H,5-7,13H2,1-2H3. The van der Waals surface area contributed by atoms with Crippen LogP contribution in [-0.2, 0) is 11.3 Å². The monoisotopic (exact) mass is 236 g/mol. The number of carbonyl (C=O) groups excluding carboxylic acids is 1. The van der Waals surface area contributed by atoms with Gasteiger partial charge in [0.25, 0.3) is 0 Å². The van der Waals surface area contributed by atoms with Crippen molar-refractivity contribution in [2.75, 3.05) is 20.4 Å². The lowest BCUT2D eigenvalue weighted by Gasteiger charge is -2.17. The van der Waals surface area contributed by atoms with E-state index in [-0.39, 0.29) is 19.2 Å². The normalized spacial score (nSPS) is 12.6. The first kappa shape index (κ1) is 11.7. The van der Waals surface area contributed by atoms with Crippen LogP contribution < -0.4 is 15.2 Å². The second-order valence-electron chi connectivity index (χ2n) is 4.09. The Balaban J connectivity index is 2.19. The van der Waals surface area contributed by atoms with Crippen molar-refractivity contribution >= 4 is 5.91 Å². The van der Waals surface area contributed by atoms with Crippen LogP contribution in [0, 0.1) is 6.92 Å². The van der Waals surface area contributed by atoms with Gasteiger partial charge in [0.2, 0.25) is 12.7 Å². The summed E-state index contributed by atoms with van der Waals surface area (Å²) in [6, 6.07) is 3.84. The highest BCUT2D eigenvalue weighted by molar-refractivity contribution is 5.77. The van der Waals surface area contributed by atoms with E-state index in [9.17, 15) is 4.79 Å². The molecule has 1 heterocycles. The Hall–Kier alpha value is -1.75. The molecule has 2 rings (SSSR count). The molecule has 0 atom stereocenters. The van der Waals surface area contributed by atoms with E-state index >= 15 is 0 Å². The van der Waals surface area contributed by atoms with Gasteiger partial charge in [0.05, 0.1) is 6.54 Å². The van der Waals surface area contributed by atoms with Gasteiger partial charge in [-0.15, -0.1) is 0 Å². The lowest BCUT2D eigenvalue weighted by atomic mass is 10.1. The predicted octanol–water partition coefficient (Wildman–Crippen LogP) is 0.641. The fraction of sp³-hybridized carbons (Fsp3) is 0.417. The second kappa shape index (κ2) is 4.63. The molecule has 1 amide bonds. The maximum absolute atomic E-state index is 11.4. The molecule has 5 nitrogen and oxygen atoms in total. The van der Waals surface area contributed by atoms with Crippen molar-refractivity contribution in [1.29, 1.82) is 0 Å². The Morgan fingerprint density at radius 3 is 2.71 bits per heavy atom. The summed E-state index contributed by atoms with van der Waals surface area (Å²) in [5, 5.41) is 0. The van der Waals surface area contributed by atoms with Crippen LogP contribution in [0.1, 0.15) is 11.1 Å². The number of nitrogens with zero attached hydrogens (tertiary/aromatic N) is 1. The van der Waals surface area contributed by atoms with Crippen molar-refractivity contribution < 1.29 is 14.3 Å². The molecule has 17 heavy (non-hydrogen) atoms. The molecule has 92 valence electrons. The minimum absolute atomic E-state index is 0.0279. The van der Waals surface area contributed by atoms with Crippen molar-refractivity contribution in [3.8, 4) is 11.5 Å². The van der Waals surface area contributed by atoms with Crippen LogP contribution in [0.5, 0.6) is 11.5 Å². The van der Waals surface area contributed by atoms with Crippen LogP contribution in [0.4, 0.5) is 0 Å². The Bertz CT molecular complexity index is 446. The molecule has 0 saturated heterocycles. The number of benzene rings is 1. The summed E-state index contributed by atoms with van der Waals surface area (Å²) >= 11 is 0. The van der Waals surface area contributed by atoms with Crippen LogP contribution >= 0.6 is 0 Å². The van der Waals surface area contributed by atoms with Crippen molar-refractivity contribution in [3.63, 3.8) is 0 Å². The molecule has 1 aliphatic rings. The highest BCUT2D eigenvalue weighted by Gasteiger charge is 2.17. The summed E-state index contributed by atoms with van der Waals surface area (Å²) in [7, 11) is 1.74. The fourth-order valence-corrected chi connectivity index (χ4v) is 1.76.